The molecule has 1 N–H and O–H groups in total. The third-order valence-corrected chi connectivity index (χ3v) is 3.99. The molecule has 0 radical (unpaired) electrons. The first-order valence-corrected chi connectivity index (χ1v) is 7.41. The maximum atomic E-state index is 11.3. The average molecular weight is 323 g/mol. The molecule has 2 aromatic rings. The van der Waals surface area contributed by atoms with Crippen LogP contribution in [0.5, 0.6) is 0 Å². The van der Waals surface area contributed by atoms with Crippen molar-refractivity contribution in [2.24, 2.45) is 0 Å². The summed E-state index contributed by atoms with van der Waals surface area (Å²) in [7, 11) is 0. The minimum atomic E-state index is -1.24. The van der Waals surface area contributed by atoms with Crippen LogP contribution in [0, 0.1) is 0 Å². The Morgan fingerprint density at radius 1 is 0.952 bits per heavy atom. The maximum Gasteiger partial charge on any atom is 0.129 e. The fourth-order valence-corrected chi connectivity index (χ4v) is 2.52. The third kappa shape index (κ3) is 3.85. The quantitative estimate of drug-likeness (QED) is 0.873. The van der Waals surface area contributed by atoms with Gasteiger partial charge in [0.25, 0.3) is 0 Å². The molecule has 0 aliphatic rings. The second kappa shape index (κ2) is 6.61. The topological polar surface area (TPSA) is 37.3 Å². The van der Waals surface area contributed by atoms with Crippen molar-refractivity contribution >= 4 is 29.0 Å². The van der Waals surface area contributed by atoms with Crippen LogP contribution >= 0.6 is 23.2 Å². The SMILES string of the molecule is CC(=O)CCC(O)(c1ccc(Cl)cc1)c1ccc(Cl)cc1. The third-order valence-electron chi connectivity index (χ3n) is 3.48. The first kappa shape index (κ1) is 16.0. The number of Topliss-reactive ketones (excluding diaryl/α,β-unsaturated/α-hetero) is 1. The zero-order chi connectivity index (χ0) is 15.5. The predicted molar refractivity (Wildman–Crippen MR) is 85.8 cm³/mol. The first-order chi connectivity index (χ1) is 9.91. The van der Waals surface area contributed by atoms with Crippen LogP contribution in [0.4, 0.5) is 0 Å². The number of aliphatic hydroxyl groups is 1. The second-order valence-corrected chi connectivity index (χ2v) is 5.95. The Kier molecular flexibility index (Phi) is 5.04. The number of carbonyl (C=O) groups excluding carboxylic acids is 1. The van der Waals surface area contributed by atoms with E-state index in [0.29, 0.717) is 34.0 Å². The monoisotopic (exact) mass is 322 g/mol. The molecule has 4 heteroatoms. The van der Waals surface area contributed by atoms with Crippen LogP contribution in [0.2, 0.25) is 10.0 Å². The van der Waals surface area contributed by atoms with Crippen molar-refractivity contribution in [2.75, 3.05) is 0 Å². The van der Waals surface area contributed by atoms with Gasteiger partial charge in [-0.2, -0.15) is 0 Å². The summed E-state index contributed by atoms with van der Waals surface area (Å²) < 4.78 is 0. The lowest BCUT2D eigenvalue weighted by molar-refractivity contribution is -0.118. The summed E-state index contributed by atoms with van der Waals surface area (Å²) in [5.74, 6) is 0.0383. The Labute approximate surface area is 134 Å². The molecule has 2 aromatic carbocycles. The fourth-order valence-electron chi connectivity index (χ4n) is 2.26. The standard InChI is InChI=1S/C17H16Cl2O2/c1-12(20)10-11-17(21,13-2-6-15(18)7-3-13)14-4-8-16(19)9-5-14/h2-9,21H,10-11H2,1H3. The molecule has 0 spiro atoms. The van der Waals surface area contributed by atoms with E-state index in [1.165, 1.54) is 6.92 Å². The van der Waals surface area contributed by atoms with Gasteiger partial charge in [-0.25, -0.2) is 0 Å². The fraction of sp³-hybridized carbons (Fsp3) is 0.235. The highest BCUT2D eigenvalue weighted by Crippen LogP contribution is 2.35. The molecule has 0 saturated carbocycles. The Morgan fingerprint density at radius 2 is 1.33 bits per heavy atom. The predicted octanol–water partition coefficient (Wildman–Crippen LogP) is 4.60. The molecule has 110 valence electrons. The van der Waals surface area contributed by atoms with E-state index in [0.717, 1.165) is 0 Å². The molecule has 0 aromatic heterocycles. The Morgan fingerprint density at radius 3 is 1.67 bits per heavy atom. The molecule has 0 saturated heterocycles. The molecule has 0 heterocycles. The van der Waals surface area contributed by atoms with E-state index >= 15 is 0 Å². The van der Waals surface area contributed by atoms with Gasteiger partial charge in [0, 0.05) is 16.5 Å². The highest BCUT2D eigenvalue weighted by molar-refractivity contribution is 6.30. The van der Waals surface area contributed by atoms with Gasteiger partial charge in [-0.3, -0.25) is 0 Å². The minimum Gasteiger partial charge on any atom is -0.380 e. The molecular formula is C17H16Cl2O2. The summed E-state index contributed by atoms with van der Waals surface area (Å²) in [5, 5.41) is 12.3. The molecule has 2 nitrogen and oxygen atoms in total. The molecule has 21 heavy (non-hydrogen) atoms. The van der Waals surface area contributed by atoms with Gasteiger partial charge in [-0.05, 0) is 48.7 Å². The lowest BCUT2D eigenvalue weighted by Crippen LogP contribution is -2.28. The molecule has 0 atom stereocenters. The molecule has 0 amide bonds. The zero-order valence-corrected chi connectivity index (χ0v) is 13.2. The Balaban J connectivity index is 2.44. The van der Waals surface area contributed by atoms with E-state index < -0.39 is 5.60 Å². The van der Waals surface area contributed by atoms with Crippen molar-refractivity contribution in [1.29, 1.82) is 0 Å². The molecule has 0 bridgehead atoms. The van der Waals surface area contributed by atoms with Gasteiger partial charge in [0.1, 0.15) is 11.4 Å². The van der Waals surface area contributed by atoms with Crippen LogP contribution in [0.15, 0.2) is 48.5 Å². The number of benzene rings is 2. The van der Waals surface area contributed by atoms with E-state index in [2.05, 4.69) is 0 Å². The number of ketones is 1. The van der Waals surface area contributed by atoms with E-state index in [1.807, 2.05) is 0 Å². The zero-order valence-electron chi connectivity index (χ0n) is 11.6. The van der Waals surface area contributed by atoms with Gasteiger partial charge in [-0.1, -0.05) is 47.5 Å². The van der Waals surface area contributed by atoms with Crippen LogP contribution in [-0.2, 0) is 10.4 Å². The van der Waals surface area contributed by atoms with Crippen molar-refractivity contribution in [2.45, 2.75) is 25.4 Å². The number of hydrogen-bond acceptors (Lipinski definition) is 2. The summed E-state index contributed by atoms with van der Waals surface area (Å²) >= 11 is 11.8. The molecule has 0 fully saturated rings. The molecule has 0 unspecified atom stereocenters. The van der Waals surface area contributed by atoms with Gasteiger partial charge in [0.15, 0.2) is 0 Å². The van der Waals surface area contributed by atoms with Crippen LogP contribution < -0.4 is 0 Å². The van der Waals surface area contributed by atoms with Gasteiger partial charge in [0.05, 0.1) is 0 Å². The number of hydrogen-bond donors (Lipinski definition) is 1. The molecular weight excluding hydrogens is 307 g/mol. The van der Waals surface area contributed by atoms with Crippen LogP contribution in [-0.4, -0.2) is 10.9 Å². The largest absolute Gasteiger partial charge is 0.380 e. The van der Waals surface area contributed by atoms with Crippen molar-refractivity contribution < 1.29 is 9.90 Å². The summed E-state index contributed by atoms with van der Waals surface area (Å²) in [6.45, 7) is 1.52. The average Bonchev–Trinajstić information content (AvgIpc) is 2.46. The van der Waals surface area contributed by atoms with Crippen molar-refractivity contribution in [1.82, 2.24) is 0 Å². The summed E-state index contributed by atoms with van der Waals surface area (Å²) in [6, 6.07) is 14.0. The lowest BCUT2D eigenvalue weighted by atomic mass is 9.82. The summed E-state index contributed by atoms with van der Waals surface area (Å²) in [4.78, 5) is 11.3. The normalized spacial score (nSPS) is 11.4. The van der Waals surface area contributed by atoms with Gasteiger partial charge >= 0.3 is 0 Å². The van der Waals surface area contributed by atoms with E-state index in [-0.39, 0.29) is 5.78 Å². The smallest absolute Gasteiger partial charge is 0.129 e. The molecule has 2 rings (SSSR count). The van der Waals surface area contributed by atoms with Crippen LogP contribution in [0.25, 0.3) is 0 Å². The summed E-state index contributed by atoms with van der Waals surface area (Å²) in [5.41, 5.74) is 0.173. The highest BCUT2D eigenvalue weighted by Gasteiger charge is 2.31. The van der Waals surface area contributed by atoms with Gasteiger partial charge in [-0.15, -0.1) is 0 Å². The lowest BCUT2D eigenvalue weighted by Gasteiger charge is -2.29. The van der Waals surface area contributed by atoms with Crippen LogP contribution in [0.3, 0.4) is 0 Å². The maximum absolute atomic E-state index is 11.3. The summed E-state index contributed by atoms with van der Waals surface area (Å²) in [6.07, 6.45) is 0.605. The highest BCUT2D eigenvalue weighted by atomic mass is 35.5. The van der Waals surface area contributed by atoms with Crippen molar-refractivity contribution in [3.63, 3.8) is 0 Å². The van der Waals surface area contributed by atoms with Gasteiger partial charge < -0.3 is 9.90 Å². The Hall–Kier alpha value is -1.35. The minimum absolute atomic E-state index is 0.0383. The second-order valence-electron chi connectivity index (χ2n) is 5.08. The van der Waals surface area contributed by atoms with E-state index in [1.54, 1.807) is 48.5 Å². The van der Waals surface area contributed by atoms with Crippen molar-refractivity contribution in [3.05, 3.63) is 69.7 Å². The first-order valence-electron chi connectivity index (χ1n) is 6.66. The van der Waals surface area contributed by atoms with Crippen LogP contribution in [0.1, 0.15) is 30.9 Å². The number of rotatable bonds is 5. The Bertz CT molecular complexity index is 573. The number of carbonyl (C=O) groups is 1. The molecule has 0 aliphatic carbocycles. The van der Waals surface area contributed by atoms with Gasteiger partial charge in [0.2, 0.25) is 0 Å². The number of halogens is 2. The van der Waals surface area contributed by atoms with E-state index in [4.69, 9.17) is 23.2 Å². The van der Waals surface area contributed by atoms with E-state index in [9.17, 15) is 9.90 Å². The van der Waals surface area contributed by atoms with Crippen molar-refractivity contribution in [3.8, 4) is 0 Å². The molecule has 0 aliphatic heterocycles.